The minimum absolute atomic E-state index is 0.328. The maximum Gasteiger partial charge on any atom is 0.209 e. The summed E-state index contributed by atoms with van der Waals surface area (Å²) in [5, 5.41) is 2.99. The maximum atomic E-state index is 10.8. The van der Waals surface area contributed by atoms with E-state index in [1.54, 1.807) is 0 Å². The molecule has 0 fully saturated rings. The van der Waals surface area contributed by atoms with Crippen LogP contribution in [-0.2, 0) is 16.6 Å². The molecule has 0 radical (unpaired) electrons. The second-order valence-electron chi connectivity index (χ2n) is 3.04. The summed E-state index contributed by atoms with van der Waals surface area (Å²) in [6.45, 7) is 0.328. The van der Waals surface area contributed by atoms with E-state index < -0.39 is 10.0 Å². The van der Waals surface area contributed by atoms with Crippen LogP contribution in [0.3, 0.4) is 0 Å². The van der Waals surface area contributed by atoms with Gasteiger partial charge < -0.3 is 5.32 Å². The lowest BCUT2D eigenvalue weighted by Crippen LogP contribution is -2.21. The third kappa shape index (κ3) is 3.76. The molecule has 0 aliphatic rings. The van der Waals surface area contributed by atoms with Crippen molar-refractivity contribution >= 4 is 15.7 Å². The van der Waals surface area contributed by atoms with Crippen molar-refractivity contribution in [2.45, 2.75) is 6.54 Å². The van der Waals surface area contributed by atoms with Crippen molar-refractivity contribution in [3.05, 3.63) is 29.8 Å². The van der Waals surface area contributed by atoms with E-state index in [0.29, 0.717) is 6.54 Å². The Balaban J connectivity index is 2.68. The van der Waals surface area contributed by atoms with E-state index in [2.05, 4.69) is 10.0 Å². The molecule has 0 saturated heterocycles. The van der Waals surface area contributed by atoms with Crippen molar-refractivity contribution in [1.82, 2.24) is 4.72 Å². The SMILES string of the molecule is CNc1cccc(CNS(C)(=O)=O)c1. The topological polar surface area (TPSA) is 58.2 Å². The van der Waals surface area contributed by atoms with Crippen LogP contribution in [0.5, 0.6) is 0 Å². The van der Waals surface area contributed by atoms with E-state index >= 15 is 0 Å². The van der Waals surface area contributed by atoms with Crippen molar-refractivity contribution in [3.8, 4) is 0 Å². The lowest BCUT2D eigenvalue weighted by molar-refractivity contribution is 0.587. The lowest BCUT2D eigenvalue weighted by atomic mass is 10.2. The molecule has 0 aliphatic carbocycles. The molecule has 0 aromatic heterocycles. The molecule has 0 aliphatic heterocycles. The van der Waals surface area contributed by atoms with Gasteiger partial charge in [-0.25, -0.2) is 13.1 Å². The summed E-state index contributed by atoms with van der Waals surface area (Å²) in [7, 11) is -1.29. The molecule has 5 heteroatoms. The zero-order valence-corrected chi connectivity index (χ0v) is 9.06. The minimum Gasteiger partial charge on any atom is -0.388 e. The number of hydrogen-bond donors (Lipinski definition) is 2. The van der Waals surface area contributed by atoms with Crippen molar-refractivity contribution in [2.75, 3.05) is 18.6 Å². The van der Waals surface area contributed by atoms with E-state index in [0.717, 1.165) is 17.5 Å². The minimum atomic E-state index is -3.11. The first-order chi connectivity index (χ1) is 6.51. The molecule has 1 aromatic carbocycles. The summed E-state index contributed by atoms with van der Waals surface area (Å²) in [5.41, 5.74) is 1.90. The van der Waals surface area contributed by atoms with Crippen LogP contribution in [0.1, 0.15) is 5.56 Å². The Morgan fingerprint density at radius 1 is 1.36 bits per heavy atom. The molecule has 1 rings (SSSR count). The average molecular weight is 214 g/mol. The Hall–Kier alpha value is -1.07. The molecular weight excluding hydrogens is 200 g/mol. The Kier molecular flexibility index (Phi) is 3.49. The fourth-order valence-corrected chi connectivity index (χ4v) is 1.48. The van der Waals surface area contributed by atoms with Gasteiger partial charge in [0.25, 0.3) is 0 Å². The lowest BCUT2D eigenvalue weighted by Gasteiger charge is -2.05. The monoisotopic (exact) mass is 214 g/mol. The molecule has 0 amide bonds. The van der Waals surface area contributed by atoms with Gasteiger partial charge in [-0.2, -0.15) is 0 Å². The van der Waals surface area contributed by atoms with Crippen LogP contribution in [0.4, 0.5) is 5.69 Å². The first-order valence-corrected chi connectivity index (χ1v) is 6.12. The Morgan fingerprint density at radius 2 is 2.07 bits per heavy atom. The summed E-state index contributed by atoms with van der Waals surface area (Å²) >= 11 is 0. The molecule has 0 spiro atoms. The molecule has 0 unspecified atom stereocenters. The highest BCUT2D eigenvalue weighted by Crippen LogP contribution is 2.09. The van der Waals surface area contributed by atoms with Gasteiger partial charge in [0.2, 0.25) is 10.0 Å². The van der Waals surface area contributed by atoms with E-state index in [1.807, 2.05) is 31.3 Å². The Labute approximate surface area is 84.4 Å². The molecule has 0 bridgehead atoms. The number of benzene rings is 1. The molecule has 78 valence electrons. The van der Waals surface area contributed by atoms with Gasteiger partial charge in [0.1, 0.15) is 0 Å². The molecular formula is C9H14N2O2S. The van der Waals surface area contributed by atoms with Crippen LogP contribution in [0, 0.1) is 0 Å². The number of nitrogens with one attached hydrogen (secondary N) is 2. The van der Waals surface area contributed by atoms with Crippen LogP contribution >= 0.6 is 0 Å². The third-order valence-corrected chi connectivity index (χ3v) is 2.42. The number of hydrogen-bond acceptors (Lipinski definition) is 3. The smallest absolute Gasteiger partial charge is 0.209 e. The molecule has 0 saturated carbocycles. The maximum absolute atomic E-state index is 10.8. The normalized spacial score (nSPS) is 11.3. The molecule has 14 heavy (non-hydrogen) atoms. The fourth-order valence-electron chi connectivity index (χ4n) is 1.05. The summed E-state index contributed by atoms with van der Waals surface area (Å²) in [5.74, 6) is 0. The summed E-state index contributed by atoms with van der Waals surface area (Å²) in [6, 6.07) is 7.58. The van der Waals surface area contributed by atoms with Crippen LogP contribution in [0.2, 0.25) is 0 Å². The summed E-state index contributed by atoms with van der Waals surface area (Å²) < 4.78 is 24.1. The quantitative estimate of drug-likeness (QED) is 0.778. The highest BCUT2D eigenvalue weighted by molar-refractivity contribution is 7.88. The van der Waals surface area contributed by atoms with E-state index in [4.69, 9.17) is 0 Å². The van der Waals surface area contributed by atoms with Crippen LogP contribution in [0.15, 0.2) is 24.3 Å². The molecule has 0 heterocycles. The van der Waals surface area contributed by atoms with Gasteiger partial charge in [0.15, 0.2) is 0 Å². The zero-order valence-electron chi connectivity index (χ0n) is 8.24. The Bertz CT molecular complexity index is 401. The number of sulfonamides is 1. The van der Waals surface area contributed by atoms with E-state index in [9.17, 15) is 8.42 Å². The third-order valence-electron chi connectivity index (χ3n) is 1.75. The molecule has 0 atom stereocenters. The van der Waals surface area contributed by atoms with Crippen LogP contribution in [-0.4, -0.2) is 21.7 Å². The van der Waals surface area contributed by atoms with Crippen molar-refractivity contribution < 1.29 is 8.42 Å². The molecule has 2 N–H and O–H groups in total. The van der Waals surface area contributed by atoms with Gasteiger partial charge in [-0.05, 0) is 17.7 Å². The highest BCUT2D eigenvalue weighted by atomic mass is 32.2. The summed E-state index contributed by atoms with van der Waals surface area (Å²) in [6.07, 6.45) is 1.15. The molecule has 4 nitrogen and oxygen atoms in total. The van der Waals surface area contributed by atoms with Gasteiger partial charge in [-0.1, -0.05) is 12.1 Å². The van der Waals surface area contributed by atoms with Crippen LogP contribution < -0.4 is 10.0 Å². The summed E-state index contributed by atoms with van der Waals surface area (Å²) in [4.78, 5) is 0. The predicted molar refractivity (Wildman–Crippen MR) is 57.7 cm³/mol. The van der Waals surface area contributed by atoms with Crippen LogP contribution in [0.25, 0.3) is 0 Å². The fraction of sp³-hybridized carbons (Fsp3) is 0.333. The Morgan fingerprint density at radius 3 is 2.64 bits per heavy atom. The average Bonchev–Trinajstić information content (AvgIpc) is 2.14. The second kappa shape index (κ2) is 4.43. The van der Waals surface area contributed by atoms with Gasteiger partial charge in [0, 0.05) is 19.3 Å². The predicted octanol–water partition coefficient (Wildman–Crippen LogP) is 0.777. The van der Waals surface area contributed by atoms with Gasteiger partial charge in [-0.3, -0.25) is 0 Å². The first-order valence-electron chi connectivity index (χ1n) is 4.22. The van der Waals surface area contributed by atoms with E-state index in [-0.39, 0.29) is 0 Å². The van der Waals surface area contributed by atoms with Gasteiger partial charge in [-0.15, -0.1) is 0 Å². The van der Waals surface area contributed by atoms with Crippen molar-refractivity contribution in [3.63, 3.8) is 0 Å². The highest BCUT2D eigenvalue weighted by Gasteiger charge is 2.00. The van der Waals surface area contributed by atoms with Crippen molar-refractivity contribution in [2.24, 2.45) is 0 Å². The first kappa shape index (κ1) is 11.0. The largest absolute Gasteiger partial charge is 0.388 e. The second-order valence-corrected chi connectivity index (χ2v) is 4.88. The van der Waals surface area contributed by atoms with Crippen molar-refractivity contribution in [1.29, 1.82) is 0 Å². The van der Waals surface area contributed by atoms with E-state index in [1.165, 1.54) is 0 Å². The number of anilines is 1. The number of rotatable bonds is 4. The van der Waals surface area contributed by atoms with Gasteiger partial charge >= 0.3 is 0 Å². The molecule has 1 aromatic rings. The zero-order chi connectivity index (χ0) is 10.6. The van der Waals surface area contributed by atoms with Gasteiger partial charge in [0.05, 0.1) is 6.26 Å². The standard InChI is InChI=1S/C9H14N2O2S/c1-10-9-5-3-4-8(6-9)7-11-14(2,12)13/h3-6,10-11H,7H2,1-2H3.